The van der Waals surface area contributed by atoms with Crippen molar-refractivity contribution in [3.8, 4) is 5.75 Å². The number of carbonyl (C=O) groups is 2. The number of hydrogen-bond donors (Lipinski definition) is 2. The number of aromatic hydroxyl groups is 1. The molecule has 3 rings (SSSR count). The summed E-state index contributed by atoms with van der Waals surface area (Å²) in [5, 5.41) is 20.3. The van der Waals surface area contributed by atoms with Gasteiger partial charge in [-0.15, -0.1) is 0 Å². The van der Waals surface area contributed by atoms with Crippen LogP contribution >= 0.6 is 0 Å². The Labute approximate surface area is 160 Å². The Kier molecular flexibility index (Phi) is 5.40. The van der Waals surface area contributed by atoms with E-state index in [0.29, 0.717) is 11.0 Å². The van der Waals surface area contributed by atoms with Crippen LogP contribution in [0, 0.1) is 0 Å². The minimum Gasteiger partial charge on any atom is -0.507 e. The highest BCUT2D eigenvalue weighted by atomic mass is 16.4. The van der Waals surface area contributed by atoms with Crippen molar-refractivity contribution in [2.45, 2.75) is 19.3 Å². The summed E-state index contributed by atoms with van der Waals surface area (Å²) in [6.45, 7) is 1.39. The minimum atomic E-state index is -1.10. The molecule has 1 aromatic carbocycles. The molecule has 0 aliphatic heterocycles. The molecule has 2 N–H and O–H groups in total. The normalized spacial score (nSPS) is 20.8. The van der Waals surface area contributed by atoms with Gasteiger partial charge in [-0.05, 0) is 36.8 Å². The summed E-state index contributed by atoms with van der Waals surface area (Å²) in [4.78, 5) is 35.8. The van der Waals surface area contributed by atoms with Crippen molar-refractivity contribution in [1.29, 1.82) is 0 Å². The van der Waals surface area contributed by atoms with Crippen LogP contribution in [0.25, 0.3) is 11.0 Å². The predicted octanol–water partition coefficient (Wildman–Crippen LogP) is 3.62. The van der Waals surface area contributed by atoms with Crippen LogP contribution in [0.15, 0.2) is 81.1 Å². The van der Waals surface area contributed by atoms with Gasteiger partial charge < -0.3 is 14.6 Å². The van der Waals surface area contributed by atoms with Crippen molar-refractivity contribution >= 4 is 22.7 Å². The quantitative estimate of drug-likeness (QED) is 0.770. The highest BCUT2D eigenvalue weighted by Crippen LogP contribution is 2.37. The Morgan fingerprint density at radius 1 is 1.11 bits per heavy atom. The Balaban J connectivity index is 2.18. The van der Waals surface area contributed by atoms with Gasteiger partial charge in [-0.1, -0.05) is 36.4 Å². The third kappa shape index (κ3) is 3.86. The fourth-order valence-electron chi connectivity index (χ4n) is 3.13. The summed E-state index contributed by atoms with van der Waals surface area (Å²) in [7, 11) is 0. The first kappa shape index (κ1) is 19.1. The number of aliphatic carboxylic acids is 1. The van der Waals surface area contributed by atoms with Gasteiger partial charge in [0.2, 0.25) is 0 Å². The lowest BCUT2D eigenvalue weighted by molar-refractivity contribution is -0.132. The van der Waals surface area contributed by atoms with Crippen molar-refractivity contribution in [3.05, 3.63) is 87.9 Å². The maximum Gasteiger partial charge on any atom is 0.343 e. The fourth-order valence-corrected chi connectivity index (χ4v) is 3.13. The lowest BCUT2D eigenvalue weighted by Crippen LogP contribution is -2.17. The number of ketones is 1. The smallest absolute Gasteiger partial charge is 0.343 e. The molecule has 1 aliphatic carbocycles. The minimum absolute atomic E-state index is 0.0281. The van der Waals surface area contributed by atoms with Gasteiger partial charge >= 0.3 is 11.6 Å². The Bertz CT molecular complexity index is 1130. The molecule has 6 heteroatoms. The van der Waals surface area contributed by atoms with Gasteiger partial charge in [0.05, 0.1) is 16.5 Å². The molecule has 2 aromatic rings. The average Bonchev–Trinajstić information content (AvgIpc) is 2.60. The number of rotatable bonds is 5. The van der Waals surface area contributed by atoms with Gasteiger partial charge in [-0.25, -0.2) is 9.59 Å². The number of benzene rings is 1. The molecule has 142 valence electrons. The Morgan fingerprint density at radius 3 is 2.54 bits per heavy atom. The first-order chi connectivity index (χ1) is 13.4. The van der Waals surface area contributed by atoms with Gasteiger partial charge in [0, 0.05) is 12.3 Å². The summed E-state index contributed by atoms with van der Waals surface area (Å²) in [5.41, 5.74) is 0.0410. The average molecular weight is 378 g/mol. The van der Waals surface area contributed by atoms with E-state index in [1.165, 1.54) is 25.2 Å². The van der Waals surface area contributed by atoms with Gasteiger partial charge in [0.1, 0.15) is 17.1 Å². The first-order valence-electron chi connectivity index (χ1n) is 8.62. The number of carboxylic acid groups (broad SMARTS) is 1. The number of fused-ring (bicyclic) bond motifs is 1. The van der Waals surface area contributed by atoms with E-state index in [0.717, 1.165) is 0 Å². The lowest BCUT2D eigenvalue weighted by Gasteiger charge is -2.18. The molecule has 1 aromatic heterocycles. The van der Waals surface area contributed by atoms with E-state index < -0.39 is 17.5 Å². The van der Waals surface area contributed by atoms with E-state index >= 15 is 0 Å². The molecule has 1 heterocycles. The third-order valence-electron chi connectivity index (χ3n) is 4.44. The van der Waals surface area contributed by atoms with Gasteiger partial charge in [0.25, 0.3) is 0 Å². The van der Waals surface area contributed by atoms with Gasteiger partial charge in [-0.3, -0.25) is 4.79 Å². The van der Waals surface area contributed by atoms with Crippen LogP contribution in [-0.2, 0) is 9.59 Å². The zero-order valence-electron chi connectivity index (χ0n) is 15.1. The van der Waals surface area contributed by atoms with Crippen molar-refractivity contribution < 1.29 is 24.2 Å². The summed E-state index contributed by atoms with van der Waals surface area (Å²) < 4.78 is 5.34. The molecule has 1 unspecified atom stereocenters. The molecular formula is C22H18O6. The number of carbonyl (C=O) groups excluding carboxylic acids is 1. The van der Waals surface area contributed by atoms with E-state index in [4.69, 9.17) is 4.42 Å². The molecule has 6 nitrogen and oxygen atoms in total. The standard InChI is InChI=1S/C22H18O6/c1-13(23)12-17(14-6-2-3-7-15(11-10-14)21(25)26)19-20(24)16-8-4-5-9-18(16)28-22(19)27/h2-11,17,24H,12H2,1H3,(H,25,26)/b3-2-,6-2?,7-3?,11-10-,14-6+,14-10?,15-7+,15-11?. The van der Waals surface area contributed by atoms with Crippen molar-refractivity contribution in [2.24, 2.45) is 0 Å². The SMILES string of the molecule is CC(=O)CC(C1=C/C=C\C=C(C(=O)O)/C=C\1)c1c(O)c2ccccc2oc1=O. The summed E-state index contributed by atoms with van der Waals surface area (Å²) in [6.07, 6.45) is 9.17. The van der Waals surface area contributed by atoms with Crippen molar-refractivity contribution in [3.63, 3.8) is 0 Å². The molecular weight excluding hydrogens is 360 g/mol. The van der Waals surface area contributed by atoms with E-state index in [9.17, 15) is 24.6 Å². The van der Waals surface area contributed by atoms with Gasteiger partial charge in [0.15, 0.2) is 0 Å². The highest BCUT2D eigenvalue weighted by Gasteiger charge is 2.26. The number of Topliss-reactive ketones (excluding diaryl/α,β-unsaturated/α-hetero) is 1. The molecule has 1 aliphatic rings. The zero-order chi connectivity index (χ0) is 20.3. The molecule has 0 saturated heterocycles. The second kappa shape index (κ2) is 7.92. The largest absolute Gasteiger partial charge is 0.507 e. The monoisotopic (exact) mass is 378 g/mol. The number of hydrogen-bond acceptors (Lipinski definition) is 5. The number of para-hydroxylation sites is 1. The zero-order valence-corrected chi connectivity index (χ0v) is 15.1. The van der Waals surface area contributed by atoms with E-state index in [1.54, 1.807) is 42.5 Å². The molecule has 0 spiro atoms. The van der Waals surface area contributed by atoms with Crippen molar-refractivity contribution in [2.75, 3.05) is 0 Å². The lowest BCUT2D eigenvalue weighted by atomic mass is 9.85. The van der Waals surface area contributed by atoms with E-state index in [2.05, 4.69) is 0 Å². The number of allylic oxidation sites excluding steroid dienone is 6. The van der Waals surface area contributed by atoms with Crippen LogP contribution in [-0.4, -0.2) is 22.0 Å². The number of carboxylic acids is 1. The van der Waals surface area contributed by atoms with Gasteiger partial charge in [-0.2, -0.15) is 0 Å². The van der Waals surface area contributed by atoms with Crippen LogP contribution in [0.1, 0.15) is 24.8 Å². The maximum atomic E-state index is 12.6. The maximum absolute atomic E-state index is 12.6. The molecule has 0 bridgehead atoms. The predicted molar refractivity (Wildman–Crippen MR) is 104 cm³/mol. The van der Waals surface area contributed by atoms with Crippen LogP contribution < -0.4 is 5.63 Å². The summed E-state index contributed by atoms with van der Waals surface area (Å²) in [6, 6.07) is 6.58. The summed E-state index contributed by atoms with van der Waals surface area (Å²) in [5.74, 6) is -2.32. The third-order valence-corrected chi connectivity index (χ3v) is 4.44. The Morgan fingerprint density at radius 2 is 1.82 bits per heavy atom. The molecule has 0 fully saturated rings. The topological polar surface area (TPSA) is 105 Å². The first-order valence-corrected chi connectivity index (χ1v) is 8.62. The van der Waals surface area contributed by atoms with Crippen LogP contribution in [0.4, 0.5) is 0 Å². The molecule has 28 heavy (non-hydrogen) atoms. The van der Waals surface area contributed by atoms with E-state index in [1.807, 2.05) is 0 Å². The van der Waals surface area contributed by atoms with Crippen LogP contribution in [0.2, 0.25) is 0 Å². The molecule has 0 saturated carbocycles. The highest BCUT2D eigenvalue weighted by molar-refractivity contribution is 5.90. The van der Waals surface area contributed by atoms with E-state index in [-0.39, 0.29) is 34.7 Å². The molecule has 0 radical (unpaired) electrons. The fraction of sp³-hybridized carbons (Fsp3) is 0.136. The Hall–Kier alpha value is -3.67. The summed E-state index contributed by atoms with van der Waals surface area (Å²) >= 11 is 0. The van der Waals surface area contributed by atoms with Crippen LogP contribution in [0.5, 0.6) is 5.75 Å². The van der Waals surface area contributed by atoms with Crippen molar-refractivity contribution in [1.82, 2.24) is 0 Å². The molecule has 0 amide bonds. The molecule has 1 atom stereocenters. The van der Waals surface area contributed by atoms with Crippen LogP contribution in [0.3, 0.4) is 0 Å². The second-order valence-corrected chi connectivity index (χ2v) is 6.42. The second-order valence-electron chi connectivity index (χ2n) is 6.42.